The van der Waals surface area contributed by atoms with Crippen molar-refractivity contribution in [2.75, 3.05) is 24.7 Å². The topological polar surface area (TPSA) is 97.6 Å². The van der Waals surface area contributed by atoms with E-state index in [4.69, 9.17) is 0 Å². The Hall–Kier alpha value is -2.38. The van der Waals surface area contributed by atoms with Gasteiger partial charge in [0, 0.05) is 11.8 Å². The first-order valence-corrected chi connectivity index (χ1v) is 12.2. The van der Waals surface area contributed by atoms with Crippen LogP contribution >= 0.6 is 11.3 Å². The van der Waals surface area contributed by atoms with Crippen molar-refractivity contribution in [1.82, 2.24) is 19.9 Å². The van der Waals surface area contributed by atoms with E-state index in [0.29, 0.717) is 21.3 Å². The van der Waals surface area contributed by atoms with E-state index in [9.17, 15) is 21.6 Å². The van der Waals surface area contributed by atoms with Crippen LogP contribution in [0.3, 0.4) is 0 Å². The zero-order chi connectivity index (χ0) is 22.2. The summed E-state index contributed by atoms with van der Waals surface area (Å²) in [7, 11) is -3.39. The Morgan fingerprint density at radius 2 is 2.06 bits per heavy atom. The van der Waals surface area contributed by atoms with E-state index in [1.807, 2.05) is 0 Å². The Balaban J connectivity index is 1.62. The Morgan fingerprint density at radius 1 is 1.32 bits per heavy atom. The monoisotopic (exact) mass is 475 g/mol. The average Bonchev–Trinajstić information content (AvgIpc) is 3.25. The number of piperidine rings is 1. The quantitative estimate of drug-likeness (QED) is 0.565. The second-order valence-electron chi connectivity index (χ2n) is 7.30. The van der Waals surface area contributed by atoms with Crippen LogP contribution in [0.15, 0.2) is 30.5 Å². The normalized spacial score (nSPS) is 17.0. The van der Waals surface area contributed by atoms with E-state index in [1.165, 1.54) is 46.5 Å². The number of halogens is 3. The number of sulfone groups is 1. The van der Waals surface area contributed by atoms with Gasteiger partial charge >= 0.3 is 6.36 Å². The summed E-state index contributed by atoms with van der Waals surface area (Å²) in [5.74, 6) is -0.403. The summed E-state index contributed by atoms with van der Waals surface area (Å²) in [6.07, 6.45) is -0.646. The van der Waals surface area contributed by atoms with Crippen molar-refractivity contribution in [2.24, 2.45) is 5.92 Å². The van der Waals surface area contributed by atoms with Crippen molar-refractivity contribution in [3.05, 3.63) is 30.5 Å². The molecule has 1 aromatic carbocycles. The summed E-state index contributed by atoms with van der Waals surface area (Å²) in [6, 6.07) is 5.52. The summed E-state index contributed by atoms with van der Waals surface area (Å²) in [6.45, 7) is 1.50. The molecule has 1 aliphatic rings. The highest BCUT2D eigenvalue weighted by Gasteiger charge is 2.33. The largest absolute Gasteiger partial charge is 0.573 e. The Labute approximate surface area is 180 Å². The number of hydrogen-bond acceptors (Lipinski definition) is 8. The highest BCUT2D eigenvalue weighted by atomic mass is 32.2. The number of benzene rings is 1. The van der Waals surface area contributed by atoms with Crippen LogP contribution in [0.2, 0.25) is 0 Å². The molecule has 1 atom stereocenters. The number of hydrogen-bond donors (Lipinski definition) is 2. The smallest absolute Gasteiger partial charge is 0.406 e. The molecule has 1 unspecified atom stereocenters. The van der Waals surface area contributed by atoms with Gasteiger partial charge in [0.15, 0.2) is 9.84 Å². The van der Waals surface area contributed by atoms with Crippen LogP contribution in [0.1, 0.15) is 12.8 Å². The number of fused-ring (bicyclic) bond motifs is 1. The van der Waals surface area contributed by atoms with E-state index >= 15 is 0 Å². The lowest BCUT2D eigenvalue weighted by Gasteiger charge is -2.29. The minimum Gasteiger partial charge on any atom is -0.406 e. The first kappa shape index (κ1) is 21.8. The highest BCUT2D eigenvalue weighted by Crippen LogP contribution is 2.31. The summed E-state index contributed by atoms with van der Waals surface area (Å²) in [5.41, 5.74) is 0.897. The van der Waals surface area contributed by atoms with Crippen LogP contribution in [-0.4, -0.2) is 54.1 Å². The maximum atomic E-state index is 12.5. The third-order valence-corrected chi connectivity index (χ3v) is 7.27. The highest BCUT2D eigenvalue weighted by molar-refractivity contribution is 7.91. The van der Waals surface area contributed by atoms with Crippen molar-refractivity contribution in [3.8, 4) is 17.0 Å². The van der Waals surface area contributed by atoms with Gasteiger partial charge in [-0.1, -0.05) is 23.5 Å². The van der Waals surface area contributed by atoms with Gasteiger partial charge in [-0.3, -0.25) is 0 Å². The van der Waals surface area contributed by atoms with Crippen molar-refractivity contribution in [1.29, 1.82) is 0 Å². The lowest BCUT2D eigenvalue weighted by Crippen LogP contribution is -2.42. The molecule has 0 amide bonds. The van der Waals surface area contributed by atoms with Crippen LogP contribution in [-0.2, 0) is 9.84 Å². The number of aromatic nitrogens is 3. The third-order valence-electron chi connectivity index (χ3n) is 4.99. The Bertz CT molecular complexity index is 1170. The van der Waals surface area contributed by atoms with Crippen LogP contribution in [0.5, 0.6) is 5.75 Å². The molecule has 4 rings (SSSR count). The number of rotatable bonds is 6. The van der Waals surface area contributed by atoms with Crippen molar-refractivity contribution >= 4 is 31.3 Å². The predicted octanol–water partition coefficient (Wildman–Crippen LogP) is 3.14. The van der Waals surface area contributed by atoms with E-state index in [2.05, 4.69) is 25.5 Å². The summed E-state index contributed by atoms with van der Waals surface area (Å²) < 4.78 is 67.8. The first-order chi connectivity index (χ1) is 14.6. The van der Waals surface area contributed by atoms with E-state index in [0.717, 1.165) is 25.9 Å². The van der Waals surface area contributed by atoms with Gasteiger partial charge in [0.2, 0.25) is 10.1 Å². The van der Waals surface area contributed by atoms with Gasteiger partial charge in [0.25, 0.3) is 0 Å². The van der Waals surface area contributed by atoms with Gasteiger partial charge in [-0.25, -0.2) is 17.9 Å². The van der Waals surface area contributed by atoms with Crippen LogP contribution in [0.4, 0.5) is 18.3 Å². The minimum atomic E-state index is -4.79. The molecule has 3 aromatic rings. The predicted molar refractivity (Wildman–Crippen MR) is 111 cm³/mol. The fourth-order valence-electron chi connectivity index (χ4n) is 3.64. The van der Waals surface area contributed by atoms with Crippen molar-refractivity contribution < 1.29 is 26.3 Å². The van der Waals surface area contributed by atoms with Crippen LogP contribution in [0.25, 0.3) is 16.2 Å². The fourth-order valence-corrected chi connectivity index (χ4v) is 5.83. The molecule has 0 spiro atoms. The molecule has 0 saturated carbocycles. The molecule has 1 fully saturated rings. The molecule has 168 valence electrons. The number of alkyl halides is 3. The van der Waals surface area contributed by atoms with Crippen LogP contribution in [0, 0.1) is 5.92 Å². The second kappa shape index (κ2) is 8.28. The third kappa shape index (κ3) is 5.10. The van der Waals surface area contributed by atoms with Crippen molar-refractivity contribution in [2.45, 2.75) is 24.6 Å². The molecule has 3 heterocycles. The Kier molecular flexibility index (Phi) is 5.83. The fraction of sp³-hybridized carbons (Fsp3) is 0.444. The standard InChI is InChI=1S/C18H20F3N5O3S2/c1-31(27,28)15(11-5-7-22-8-6-11)24-16-25-26-14(10-23-17(26)30-16)12-3-2-4-13(9-12)29-18(19,20)21/h2-4,9-11,15,22H,5-8H2,1H3,(H,24,25). The maximum Gasteiger partial charge on any atom is 0.573 e. The number of imidazole rings is 1. The molecule has 2 N–H and O–H groups in total. The number of nitrogens with zero attached hydrogens (tertiary/aromatic N) is 3. The molecule has 13 heteroatoms. The lowest BCUT2D eigenvalue weighted by molar-refractivity contribution is -0.274. The molecule has 1 aliphatic heterocycles. The lowest BCUT2D eigenvalue weighted by atomic mass is 9.98. The van der Waals surface area contributed by atoms with Gasteiger partial charge in [0.1, 0.15) is 11.1 Å². The zero-order valence-electron chi connectivity index (χ0n) is 16.4. The van der Waals surface area contributed by atoms with Gasteiger partial charge in [-0.2, -0.15) is 0 Å². The number of nitrogens with one attached hydrogen (secondary N) is 2. The minimum absolute atomic E-state index is 0.0526. The first-order valence-electron chi connectivity index (χ1n) is 9.47. The van der Waals surface area contributed by atoms with E-state index in [1.54, 1.807) is 6.07 Å². The summed E-state index contributed by atoms with van der Waals surface area (Å²) in [4.78, 5) is 4.74. The molecule has 2 aromatic heterocycles. The summed E-state index contributed by atoms with van der Waals surface area (Å²) in [5, 5.41) is 10.3. The summed E-state index contributed by atoms with van der Waals surface area (Å²) >= 11 is 1.17. The van der Waals surface area contributed by atoms with Crippen molar-refractivity contribution in [3.63, 3.8) is 0 Å². The SMILES string of the molecule is CS(=O)(=O)C(Nc1nn2c(-c3cccc(OC(F)(F)F)c3)cnc2s1)C1CCNCC1. The van der Waals surface area contributed by atoms with Gasteiger partial charge in [-0.05, 0) is 44.0 Å². The molecule has 0 radical (unpaired) electrons. The van der Waals surface area contributed by atoms with E-state index in [-0.39, 0.29) is 11.7 Å². The van der Waals surface area contributed by atoms with Gasteiger partial charge < -0.3 is 15.4 Å². The molecular weight excluding hydrogens is 455 g/mol. The van der Waals surface area contributed by atoms with Gasteiger partial charge in [-0.15, -0.1) is 18.3 Å². The number of anilines is 1. The maximum absolute atomic E-state index is 12.5. The molecule has 1 saturated heterocycles. The molecule has 8 nitrogen and oxygen atoms in total. The second-order valence-corrected chi connectivity index (χ2v) is 10.4. The van der Waals surface area contributed by atoms with Crippen LogP contribution < -0.4 is 15.4 Å². The van der Waals surface area contributed by atoms with Gasteiger partial charge in [0.05, 0.1) is 11.9 Å². The van der Waals surface area contributed by atoms with E-state index < -0.39 is 21.6 Å². The molecule has 0 bridgehead atoms. The number of ether oxygens (including phenoxy) is 1. The molecule has 0 aliphatic carbocycles. The molecular formula is C18H20F3N5O3S2. The average molecular weight is 476 g/mol. The zero-order valence-corrected chi connectivity index (χ0v) is 18.0. The molecule has 31 heavy (non-hydrogen) atoms. The Morgan fingerprint density at radius 3 is 2.74 bits per heavy atom.